The standard InChI is InChI=1S/C20H22BrNO4/c1-13-5-4-6-18(14(13)2)25-12-20(24)26-11-19(23)22-15(3)16-7-9-17(21)10-8-16/h4-10,15H,11-12H2,1-3H3,(H,22,23)/t15-/m1/s1. The minimum Gasteiger partial charge on any atom is -0.482 e. The topological polar surface area (TPSA) is 64.6 Å². The first-order valence-corrected chi connectivity index (χ1v) is 9.05. The summed E-state index contributed by atoms with van der Waals surface area (Å²) in [7, 11) is 0. The molecule has 0 bridgehead atoms. The van der Waals surface area contributed by atoms with Gasteiger partial charge in [-0.1, -0.05) is 40.2 Å². The van der Waals surface area contributed by atoms with Gasteiger partial charge in [0.1, 0.15) is 5.75 Å². The number of aryl methyl sites for hydroxylation is 1. The molecule has 0 aromatic heterocycles. The summed E-state index contributed by atoms with van der Waals surface area (Å²) in [5, 5.41) is 2.79. The van der Waals surface area contributed by atoms with Crippen LogP contribution in [0, 0.1) is 13.8 Å². The lowest BCUT2D eigenvalue weighted by Crippen LogP contribution is -2.31. The van der Waals surface area contributed by atoms with Crippen LogP contribution >= 0.6 is 15.9 Å². The van der Waals surface area contributed by atoms with E-state index in [9.17, 15) is 9.59 Å². The van der Waals surface area contributed by atoms with Crippen molar-refractivity contribution < 1.29 is 19.1 Å². The molecule has 6 heteroatoms. The SMILES string of the molecule is Cc1cccc(OCC(=O)OCC(=O)N[C@H](C)c2ccc(Br)cc2)c1C. The maximum absolute atomic E-state index is 11.9. The Balaban J connectivity index is 1.75. The third-order valence-electron chi connectivity index (χ3n) is 4.01. The zero-order valence-electron chi connectivity index (χ0n) is 15.0. The van der Waals surface area contributed by atoms with Crippen LogP contribution in [0.4, 0.5) is 0 Å². The van der Waals surface area contributed by atoms with Gasteiger partial charge in [0.25, 0.3) is 5.91 Å². The number of esters is 1. The van der Waals surface area contributed by atoms with Gasteiger partial charge in [-0.05, 0) is 55.7 Å². The Bertz CT molecular complexity index is 774. The molecular weight excluding hydrogens is 398 g/mol. The molecule has 26 heavy (non-hydrogen) atoms. The number of carbonyl (C=O) groups is 2. The molecule has 0 saturated carbocycles. The lowest BCUT2D eigenvalue weighted by Gasteiger charge is -2.15. The van der Waals surface area contributed by atoms with E-state index in [2.05, 4.69) is 21.2 Å². The average molecular weight is 420 g/mol. The summed E-state index contributed by atoms with van der Waals surface area (Å²) in [6.07, 6.45) is 0. The van der Waals surface area contributed by atoms with Crippen LogP contribution in [-0.2, 0) is 14.3 Å². The summed E-state index contributed by atoms with van der Waals surface area (Å²) >= 11 is 3.37. The fourth-order valence-electron chi connectivity index (χ4n) is 2.32. The third-order valence-corrected chi connectivity index (χ3v) is 4.54. The molecule has 0 aliphatic rings. The first kappa shape index (κ1) is 20.0. The van der Waals surface area contributed by atoms with Gasteiger partial charge in [0.05, 0.1) is 6.04 Å². The predicted octanol–water partition coefficient (Wildman–Crippen LogP) is 3.87. The number of carbonyl (C=O) groups excluding carboxylic acids is 2. The van der Waals surface area contributed by atoms with Crippen LogP contribution in [0.15, 0.2) is 46.9 Å². The number of nitrogens with one attached hydrogen (secondary N) is 1. The van der Waals surface area contributed by atoms with Crippen molar-refractivity contribution in [1.82, 2.24) is 5.32 Å². The van der Waals surface area contributed by atoms with E-state index in [1.54, 1.807) is 6.07 Å². The van der Waals surface area contributed by atoms with Crippen molar-refractivity contribution >= 4 is 27.8 Å². The Morgan fingerprint density at radius 2 is 1.77 bits per heavy atom. The van der Waals surface area contributed by atoms with Crippen LogP contribution in [0.3, 0.4) is 0 Å². The Kier molecular flexibility index (Phi) is 7.21. The number of benzene rings is 2. The molecule has 2 rings (SSSR count). The molecule has 1 amide bonds. The van der Waals surface area contributed by atoms with E-state index >= 15 is 0 Å². The quantitative estimate of drug-likeness (QED) is 0.691. The number of rotatable bonds is 7. The van der Waals surface area contributed by atoms with E-state index in [-0.39, 0.29) is 25.2 Å². The molecule has 2 aromatic rings. The lowest BCUT2D eigenvalue weighted by atomic mass is 10.1. The lowest BCUT2D eigenvalue weighted by molar-refractivity contribution is -0.150. The number of hydrogen-bond acceptors (Lipinski definition) is 4. The molecule has 1 atom stereocenters. The monoisotopic (exact) mass is 419 g/mol. The Hall–Kier alpha value is -2.34. The van der Waals surface area contributed by atoms with Crippen molar-refractivity contribution in [3.05, 3.63) is 63.6 Å². The predicted molar refractivity (Wildman–Crippen MR) is 103 cm³/mol. The van der Waals surface area contributed by atoms with Crippen molar-refractivity contribution in [2.45, 2.75) is 26.8 Å². The second-order valence-corrected chi connectivity index (χ2v) is 6.90. The second-order valence-electron chi connectivity index (χ2n) is 5.99. The molecule has 0 spiro atoms. The Labute approximate surface area is 161 Å². The smallest absolute Gasteiger partial charge is 0.344 e. The average Bonchev–Trinajstić information content (AvgIpc) is 2.61. The van der Waals surface area contributed by atoms with Gasteiger partial charge in [-0.2, -0.15) is 0 Å². The fourth-order valence-corrected chi connectivity index (χ4v) is 2.59. The maximum Gasteiger partial charge on any atom is 0.344 e. The zero-order chi connectivity index (χ0) is 19.1. The largest absolute Gasteiger partial charge is 0.482 e. The highest BCUT2D eigenvalue weighted by Crippen LogP contribution is 2.20. The van der Waals surface area contributed by atoms with Gasteiger partial charge >= 0.3 is 5.97 Å². The first-order chi connectivity index (χ1) is 12.4. The van der Waals surface area contributed by atoms with E-state index in [1.165, 1.54) is 0 Å². The first-order valence-electron chi connectivity index (χ1n) is 8.26. The Morgan fingerprint density at radius 3 is 2.46 bits per heavy atom. The van der Waals surface area contributed by atoms with Crippen LogP contribution in [0.25, 0.3) is 0 Å². The van der Waals surface area contributed by atoms with Crippen LogP contribution in [-0.4, -0.2) is 25.1 Å². The molecule has 0 unspecified atom stereocenters. The van der Waals surface area contributed by atoms with Gasteiger partial charge in [-0.15, -0.1) is 0 Å². The molecule has 0 heterocycles. The number of amides is 1. The van der Waals surface area contributed by atoms with E-state index in [0.29, 0.717) is 5.75 Å². The van der Waals surface area contributed by atoms with Crippen molar-refractivity contribution in [3.8, 4) is 5.75 Å². The van der Waals surface area contributed by atoms with E-state index in [0.717, 1.165) is 21.2 Å². The highest BCUT2D eigenvalue weighted by molar-refractivity contribution is 9.10. The van der Waals surface area contributed by atoms with Gasteiger partial charge in [0, 0.05) is 4.47 Å². The number of ether oxygens (including phenoxy) is 2. The summed E-state index contributed by atoms with van der Waals surface area (Å²) in [4.78, 5) is 23.7. The van der Waals surface area contributed by atoms with E-state index < -0.39 is 5.97 Å². The molecule has 2 aromatic carbocycles. The second kappa shape index (κ2) is 9.38. The highest BCUT2D eigenvalue weighted by Gasteiger charge is 2.13. The van der Waals surface area contributed by atoms with Gasteiger partial charge in [0.15, 0.2) is 13.2 Å². The van der Waals surface area contributed by atoms with Gasteiger partial charge < -0.3 is 14.8 Å². The molecule has 0 saturated heterocycles. The van der Waals surface area contributed by atoms with Gasteiger partial charge in [-0.25, -0.2) is 4.79 Å². The van der Waals surface area contributed by atoms with Crippen molar-refractivity contribution in [2.75, 3.05) is 13.2 Å². The summed E-state index contributed by atoms with van der Waals surface area (Å²) in [5.41, 5.74) is 3.02. The van der Waals surface area contributed by atoms with E-state index in [1.807, 2.05) is 57.2 Å². The molecule has 138 valence electrons. The highest BCUT2D eigenvalue weighted by atomic mass is 79.9. The summed E-state index contributed by atoms with van der Waals surface area (Å²) in [5.74, 6) is -0.312. The van der Waals surface area contributed by atoms with Crippen LogP contribution in [0.2, 0.25) is 0 Å². The molecule has 0 radical (unpaired) electrons. The normalized spacial score (nSPS) is 11.5. The van der Waals surface area contributed by atoms with Crippen molar-refractivity contribution in [2.24, 2.45) is 0 Å². The molecule has 0 aliphatic heterocycles. The number of hydrogen-bond donors (Lipinski definition) is 1. The van der Waals surface area contributed by atoms with Crippen LogP contribution in [0.5, 0.6) is 5.75 Å². The third kappa shape index (κ3) is 5.88. The molecule has 0 fully saturated rings. The van der Waals surface area contributed by atoms with Gasteiger partial charge in [0.2, 0.25) is 0 Å². The van der Waals surface area contributed by atoms with Crippen molar-refractivity contribution in [3.63, 3.8) is 0 Å². The fraction of sp³-hybridized carbons (Fsp3) is 0.300. The molecule has 0 aliphatic carbocycles. The van der Waals surface area contributed by atoms with Gasteiger partial charge in [-0.3, -0.25) is 4.79 Å². The maximum atomic E-state index is 11.9. The van der Waals surface area contributed by atoms with E-state index in [4.69, 9.17) is 9.47 Å². The zero-order valence-corrected chi connectivity index (χ0v) is 16.6. The minimum atomic E-state index is -0.586. The Morgan fingerprint density at radius 1 is 1.08 bits per heavy atom. The minimum absolute atomic E-state index is 0.180. The van der Waals surface area contributed by atoms with Crippen LogP contribution in [0.1, 0.15) is 29.7 Å². The summed E-state index contributed by atoms with van der Waals surface area (Å²) in [6, 6.07) is 13.1. The summed E-state index contributed by atoms with van der Waals surface area (Å²) in [6.45, 7) is 5.19. The summed E-state index contributed by atoms with van der Waals surface area (Å²) < 4.78 is 11.4. The van der Waals surface area contributed by atoms with Crippen LogP contribution < -0.4 is 10.1 Å². The molecule has 5 nitrogen and oxygen atoms in total. The van der Waals surface area contributed by atoms with Crippen molar-refractivity contribution in [1.29, 1.82) is 0 Å². The molecular formula is C20H22BrNO4. The molecule has 1 N–H and O–H groups in total. The number of halogens is 1.